The number of carbonyl (C=O) groups is 1. The van der Waals surface area contributed by atoms with Crippen molar-refractivity contribution in [3.8, 4) is 0 Å². The van der Waals surface area contributed by atoms with Crippen LogP contribution in [0.5, 0.6) is 0 Å². The fourth-order valence-corrected chi connectivity index (χ4v) is 4.05. The molecule has 32 heavy (non-hydrogen) atoms. The number of hydrogen-bond donors (Lipinski definition) is 1. The minimum Gasteiger partial charge on any atom is -0.342 e. The predicted molar refractivity (Wildman–Crippen MR) is 131 cm³/mol. The maximum Gasteiger partial charge on any atom is 0.271 e. The smallest absolute Gasteiger partial charge is 0.271 e. The normalized spacial score (nSPS) is 11.4. The Morgan fingerprint density at radius 2 is 1.72 bits per heavy atom. The standard InChI is InChI=1S/C28H23N3O/c1-20-7-6-10-24(15-20)28(32)30-29-17-25-19-31(27-12-5-4-11-26(25)27)18-21-13-14-22-8-2-3-9-23(22)16-21/h2-17,19H,18H2,1H3,(H,30,32)/b29-17+. The van der Waals surface area contributed by atoms with Gasteiger partial charge in [-0.25, -0.2) is 5.43 Å². The Morgan fingerprint density at radius 1 is 0.906 bits per heavy atom. The van der Waals surface area contributed by atoms with Crippen LogP contribution in [0.15, 0.2) is 102 Å². The van der Waals surface area contributed by atoms with Crippen molar-refractivity contribution in [2.24, 2.45) is 5.10 Å². The van der Waals surface area contributed by atoms with Crippen LogP contribution in [-0.4, -0.2) is 16.7 Å². The van der Waals surface area contributed by atoms with Gasteiger partial charge in [-0.3, -0.25) is 4.79 Å². The fourth-order valence-electron chi connectivity index (χ4n) is 4.05. The van der Waals surface area contributed by atoms with Gasteiger partial charge in [-0.05, 0) is 47.5 Å². The summed E-state index contributed by atoms with van der Waals surface area (Å²) in [6.07, 6.45) is 3.80. The highest BCUT2D eigenvalue weighted by molar-refractivity contribution is 6.00. The van der Waals surface area contributed by atoms with Gasteiger partial charge in [-0.1, -0.05) is 72.3 Å². The third kappa shape index (κ3) is 4.03. The van der Waals surface area contributed by atoms with Crippen LogP contribution in [0.25, 0.3) is 21.7 Å². The first-order chi connectivity index (χ1) is 15.7. The number of nitrogens with zero attached hydrogens (tertiary/aromatic N) is 2. The number of benzene rings is 4. The Labute approximate surface area is 186 Å². The molecule has 5 aromatic rings. The molecule has 0 saturated heterocycles. The zero-order valence-electron chi connectivity index (χ0n) is 17.8. The zero-order valence-corrected chi connectivity index (χ0v) is 17.8. The van der Waals surface area contributed by atoms with Gasteiger partial charge >= 0.3 is 0 Å². The Hall–Kier alpha value is -4.18. The van der Waals surface area contributed by atoms with Crippen molar-refractivity contribution in [2.45, 2.75) is 13.5 Å². The van der Waals surface area contributed by atoms with Gasteiger partial charge in [0.2, 0.25) is 0 Å². The third-order valence-corrected chi connectivity index (χ3v) is 5.64. The van der Waals surface area contributed by atoms with Crippen LogP contribution in [0.3, 0.4) is 0 Å². The number of para-hydroxylation sites is 1. The van der Waals surface area contributed by atoms with Gasteiger partial charge in [0.05, 0.1) is 6.21 Å². The molecule has 0 unspecified atom stereocenters. The van der Waals surface area contributed by atoms with Gasteiger partial charge in [0.1, 0.15) is 0 Å². The second-order valence-corrected chi connectivity index (χ2v) is 7.98. The summed E-state index contributed by atoms with van der Waals surface area (Å²) in [6, 6.07) is 30.7. The van der Waals surface area contributed by atoms with Gasteiger partial charge in [-0.15, -0.1) is 0 Å². The lowest BCUT2D eigenvalue weighted by Gasteiger charge is -2.07. The molecule has 156 valence electrons. The monoisotopic (exact) mass is 417 g/mol. The van der Waals surface area contributed by atoms with Crippen molar-refractivity contribution >= 4 is 33.8 Å². The summed E-state index contributed by atoms with van der Waals surface area (Å²) >= 11 is 0. The summed E-state index contributed by atoms with van der Waals surface area (Å²) in [5.41, 5.74) is 7.61. The van der Waals surface area contributed by atoms with Gasteiger partial charge in [0, 0.05) is 34.8 Å². The number of fused-ring (bicyclic) bond motifs is 2. The minimum atomic E-state index is -0.218. The van der Waals surface area contributed by atoms with E-state index in [0.717, 1.165) is 28.6 Å². The van der Waals surface area contributed by atoms with Crippen molar-refractivity contribution in [1.29, 1.82) is 0 Å². The van der Waals surface area contributed by atoms with E-state index in [1.165, 1.54) is 16.3 Å². The number of aromatic nitrogens is 1. The Kier molecular flexibility index (Phi) is 5.26. The molecule has 0 radical (unpaired) electrons. The van der Waals surface area contributed by atoms with E-state index in [1.54, 1.807) is 12.3 Å². The topological polar surface area (TPSA) is 46.4 Å². The molecule has 4 heteroatoms. The molecule has 0 atom stereocenters. The molecule has 0 saturated carbocycles. The maximum absolute atomic E-state index is 12.4. The highest BCUT2D eigenvalue weighted by Crippen LogP contribution is 2.23. The average molecular weight is 418 g/mol. The van der Waals surface area contributed by atoms with E-state index in [-0.39, 0.29) is 5.91 Å². The van der Waals surface area contributed by atoms with Crippen LogP contribution in [0.4, 0.5) is 0 Å². The molecule has 0 aliphatic heterocycles. The number of hydrogen-bond acceptors (Lipinski definition) is 2. The summed E-state index contributed by atoms with van der Waals surface area (Å²) in [5.74, 6) is -0.218. The average Bonchev–Trinajstić information content (AvgIpc) is 3.16. The molecule has 0 spiro atoms. The fraction of sp³-hybridized carbons (Fsp3) is 0.0714. The zero-order chi connectivity index (χ0) is 21.9. The molecule has 1 N–H and O–H groups in total. The summed E-state index contributed by atoms with van der Waals surface area (Å²) in [5, 5.41) is 7.80. The molecule has 0 aliphatic carbocycles. The molecule has 0 bridgehead atoms. The van der Waals surface area contributed by atoms with E-state index in [2.05, 4.69) is 75.9 Å². The minimum absolute atomic E-state index is 0.218. The number of aryl methyl sites for hydroxylation is 1. The first kappa shape index (κ1) is 19.8. The summed E-state index contributed by atoms with van der Waals surface area (Å²) < 4.78 is 2.23. The molecular formula is C28H23N3O. The summed E-state index contributed by atoms with van der Waals surface area (Å²) in [7, 11) is 0. The van der Waals surface area contributed by atoms with Crippen LogP contribution in [0.2, 0.25) is 0 Å². The molecule has 4 aromatic carbocycles. The predicted octanol–water partition coefficient (Wildman–Crippen LogP) is 5.92. The highest BCUT2D eigenvalue weighted by Gasteiger charge is 2.08. The SMILES string of the molecule is Cc1cccc(C(=O)N/N=C/c2cn(Cc3ccc4ccccc4c3)c3ccccc23)c1. The quantitative estimate of drug-likeness (QED) is 0.280. The highest BCUT2D eigenvalue weighted by atomic mass is 16.2. The van der Waals surface area contributed by atoms with Crippen LogP contribution in [-0.2, 0) is 6.54 Å². The van der Waals surface area contributed by atoms with E-state index in [0.29, 0.717) is 5.56 Å². The molecule has 4 nitrogen and oxygen atoms in total. The van der Waals surface area contributed by atoms with Crippen LogP contribution in [0, 0.1) is 6.92 Å². The molecule has 1 amide bonds. The summed E-state index contributed by atoms with van der Waals surface area (Å²) in [4.78, 5) is 12.4. The molecule has 1 heterocycles. The number of nitrogens with one attached hydrogen (secondary N) is 1. The lowest BCUT2D eigenvalue weighted by Crippen LogP contribution is -2.17. The van der Waals surface area contributed by atoms with Crippen LogP contribution in [0.1, 0.15) is 27.0 Å². The number of carbonyl (C=O) groups excluding carboxylic acids is 1. The molecule has 5 rings (SSSR count). The largest absolute Gasteiger partial charge is 0.342 e. The van der Waals surface area contributed by atoms with Gasteiger partial charge in [0.25, 0.3) is 5.91 Å². The van der Waals surface area contributed by atoms with Crippen molar-refractivity contribution in [1.82, 2.24) is 9.99 Å². The van der Waals surface area contributed by atoms with E-state index < -0.39 is 0 Å². The Bertz CT molecular complexity index is 1460. The van der Waals surface area contributed by atoms with Gasteiger partial charge in [0.15, 0.2) is 0 Å². The first-order valence-electron chi connectivity index (χ1n) is 10.6. The van der Waals surface area contributed by atoms with Gasteiger partial charge < -0.3 is 4.57 Å². The van der Waals surface area contributed by atoms with E-state index in [1.807, 2.05) is 37.3 Å². The maximum atomic E-state index is 12.4. The van der Waals surface area contributed by atoms with Crippen molar-refractivity contribution in [2.75, 3.05) is 0 Å². The van der Waals surface area contributed by atoms with Gasteiger partial charge in [-0.2, -0.15) is 5.10 Å². The molecule has 1 aromatic heterocycles. The lowest BCUT2D eigenvalue weighted by atomic mass is 10.1. The Balaban J connectivity index is 1.40. The molecule has 0 aliphatic rings. The second-order valence-electron chi connectivity index (χ2n) is 7.98. The van der Waals surface area contributed by atoms with Crippen molar-refractivity contribution < 1.29 is 4.79 Å². The number of amides is 1. The first-order valence-corrected chi connectivity index (χ1v) is 10.6. The van der Waals surface area contributed by atoms with E-state index >= 15 is 0 Å². The third-order valence-electron chi connectivity index (χ3n) is 5.64. The number of rotatable bonds is 5. The Morgan fingerprint density at radius 3 is 2.59 bits per heavy atom. The van der Waals surface area contributed by atoms with E-state index in [9.17, 15) is 4.79 Å². The summed E-state index contributed by atoms with van der Waals surface area (Å²) in [6.45, 7) is 2.72. The molecular weight excluding hydrogens is 394 g/mol. The second kappa shape index (κ2) is 8.52. The van der Waals surface area contributed by atoms with Crippen molar-refractivity contribution in [3.63, 3.8) is 0 Å². The van der Waals surface area contributed by atoms with Crippen LogP contribution >= 0.6 is 0 Å². The molecule has 0 fully saturated rings. The van der Waals surface area contributed by atoms with Crippen molar-refractivity contribution in [3.05, 3.63) is 119 Å². The van der Waals surface area contributed by atoms with Crippen LogP contribution < -0.4 is 5.43 Å². The van der Waals surface area contributed by atoms with E-state index in [4.69, 9.17) is 0 Å². The number of hydrazone groups is 1. The lowest BCUT2D eigenvalue weighted by molar-refractivity contribution is 0.0955.